The maximum atomic E-state index is 13.3. The van der Waals surface area contributed by atoms with Gasteiger partial charge in [-0.2, -0.15) is 0 Å². The van der Waals surface area contributed by atoms with Gasteiger partial charge in [-0.3, -0.25) is 24.0 Å². The fourth-order valence-corrected chi connectivity index (χ4v) is 8.38. The van der Waals surface area contributed by atoms with Crippen LogP contribution in [0.3, 0.4) is 0 Å². The number of ether oxygens (including phenoxy) is 1. The number of carbonyl (C=O) groups excluding carboxylic acids is 4. The SMILES string of the molecule is C[C@]12CCC(=O)C=C1CC[C@H]1[C@H]2CC[C@@]2(C)[C@@H]1CC[C@]2(O)C(=O)COC(=O)CCC(=O)N[C@@H](CCC(=O)O)C(=O)O. The van der Waals surface area contributed by atoms with Crippen molar-refractivity contribution >= 4 is 35.4 Å². The summed E-state index contributed by atoms with van der Waals surface area (Å²) < 4.78 is 5.13. The summed E-state index contributed by atoms with van der Waals surface area (Å²) in [6.07, 6.45) is 6.04. The number of hydrogen-bond donors (Lipinski definition) is 4. The molecule has 0 aromatic rings. The third-order valence-corrected chi connectivity index (χ3v) is 10.8. The number of carbonyl (C=O) groups is 6. The summed E-state index contributed by atoms with van der Waals surface area (Å²) in [7, 11) is 0. The zero-order valence-corrected chi connectivity index (χ0v) is 23.8. The van der Waals surface area contributed by atoms with Crippen molar-refractivity contribution in [3.05, 3.63) is 11.6 Å². The van der Waals surface area contributed by atoms with Gasteiger partial charge in [0.25, 0.3) is 0 Å². The number of carboxylic acids is 2. The number of Topliss-reactive ketones (excluding diaryl/α,β-unsaturated/α-hetero) is 1. The summed E-state index contributed by atoms with van der Waals surface area (Å²) in [6.45, 7) is 3.64. The molecule has 11 nitrogen and oxygen atoms in total. The van der Waals surface area contributed by atoms with Gasteiger partial charge in [0.2, 0.25) is 11.7 Å². The Morgan fingerprint density at radius 2 is 1.68 bits per heavy atom. The van der Waals surface area contributed by atoms with Crippen molar-refractivity contribution in [1.82, 2.24) is 5.32 Å². The van der Waals surface area contributed by atoms with Crippen molar-refractivity contribution in [3.63, 3.8) is 0 Å². The molecule has 3 fully saturated rings. The lowest BCUT2D eigenvalue weighted by Gasteiger charge is -2.58. The minimum atomic E-state index is -1.63. The number of rotatable bonds is 11. The quantitative estimate of drug-likeness (QED) is 0.267. The van der Waals surface area contributed by atoms with Gasteiger partial charge in [-0.05, 0) is 80.6 Å². The summed E-state index contributed by atoms with van der Waals surface area (Å²) in [5.41, 5.74) is -1.05. The molecule has 41 heavy (non-hydrogen) atoms. The first kappa shape index (κ1) is 30.9. The minimum absolute atomic E-state index is 0.0224. The lowest BCUT2D eigenvalue weighted by Crippen LogP contribution is -2.58. The Morgan fingerprint density at radius 1 is 0.976 bits per heavy atom. The highest BCUT2D eigenvalue weighted by atomic mass is 16.5. The molecule has 0 aliphatic heterocycles. The summed E-state index contributed by atoms with van der Waals surface area (Å²) in [5.74, 6) is -3.62. The Morgan fingerprint density at radius 3 is 2.37 bits per heavy atom. The predicted molar refractivity (Wildman–Crippen MR) is 143 cm³/mol. The zero-order chi connectivity index (χ0) is 30.2. The van der Waals surface area contributed by atoms with Crippen molar-refractivity contribution in [2.75, 3.05) is 6.61 Å². The molecule has 4 aliphatic rings. The molecule has 0 unspecified atom stereocenters. The van der Waals surface area contributed by atoms with E-state index in [-0.39, 0.29) is 23.5 Å². The van der Waals surface area contributed by atoms with Crippen molar-refractivity contribution < 1.29 is 48.8 Å². The van der Waals surface area contributed by atoms with Gasteiger partial charge in [0, 0.05) is 24.7 Å². The van der Waals surface area contributed by atoms with E-state index in [9.17, 15) is 33.9 Å². The topological polar surface area (TPSA) is 184 Å². The molecule has 11 heteroatoms. The van der Waals surface area contributed by atoms with Crippen LogP contribution in [0.5, 0.6) is 0 Å². The second-order valence-corrected chi connectivity index (χ2v) is 12.8. The molecule has 0 heterocycles. The van der Waals surface area contributed by atoms with E-state index in [0.29, 0.717) is 37.5 Å². The second-order valence-electron chi connectivity index (χ2n) is 12.8. The van der Waals surface area contributed by atoms with E-state index < -0.39 is 72.5 Å². The van der Waals surface area contributed by atoms with Gasteiger partial charge in [-0.25, -0.2) is 4.79 Å². The van der Waals surface area contributed by atoms with E-state index in [2.05, 4.69) is 12.2 Å². The van der Waals surface area contributed by atoms with Crippen molar-refractivity contribution in [2.24, 2.45) is 28.6 Å². The molecule has 0 bridgehead atoms. The van der Waals surface area contributed by atoms with Gasteiger partial charge in [0.05, 0.1) is 6.42 Å². The number of esters is 1. The highest BCUT2D eigenvalue weighted by Gasteiger charge is 2.66. The Balaban J connectivity index is 1.31. The van der Waals surface area contributed by atoms with Crippen molar-refractivity contribution in [3.8, 4) is 0 Å². The molecule has 1 amide bonds. The Labute approximate surface area is 239 Å². The number of aliphatic carboxylic acids is 2. The van der Waals surface area contributed by atoms with Crippen LogP contribution in [0.25, 0.3) is 0 Å². The van der Waals surface area contributed by atoms with Gasteiger partial charge in [-0.15, -0.1) is 0 Å². The highest BCUT2D eigenvalue weighted by molar-refractivity contribution is 5.92. The summed E-state index contributed by atoms with van der Waals surface area (Å²) in [4.78, 5) is 71.7. The van der Waals surface area contributed by atoms with Crippen LogP contribution in [0, 0.1) is 28.6 Å². The van der Waals surface area contributed by atoms with Crippen LogP contribution in [-0.4, -0.2) is 69.0 Å². The molecule has 3 saturated carbocycles. The normalized spacial score (nSPS) is 34.8. The lowest BCUT2D eigenvalue weighted by atomic mass is 9.46. The standard InChI is InChI=1S/C30H41NO10/c1-28-12-9-18(32)15-17(28)3-4-19-20(28)10-13-29(2)21(19)11-14-30(29,40)23(33)16-41-26(37)8-6-24(34)31-22(27(38)39)5-7-25(35)36/h15,19-22,40H,3-14,16H2,1-2H3,(H,31,34)(H,35,36)(H,38,39)/t19-,20+,21+,22-,28-,29-,30-/m0/s1. The highest BCUT2D eigenvalue weighted by Crippen LogP contribution is 2.67. The molecular formula is C30H41NO10. The molecule has 4 rings (SSSR count). The van der Waals surface area contributed by atoms with Crippen LogP contribution in [0.15, 0.2) is 11.6 Å². The van der Waals surface area contributed by atoms with E-state index >= 15 is 0 Å². The van der Waals surface area contributed by atoms with E-state index in [4.69, 9.17) is 14.9 Å². The van der Waals surface area contributed by atoms with Gasteiger partial charge < -0.3 is 25.4 Å². The number of amides is 1. The van der Waals surface area contributed by atoms with Gasteiger partial charge in [0.1, 0.15) is 11.6 Å². The van der Waals surface area contributed by atoms with E-state index in [0.717, 1.165) is 25.7 Å². The predicted octanol–water partition coefficient (Wildman–Crippen LogP) is 2.58. The summed E-state index contributed by atoms with van der Waals surface area (Å²) in [6, 6.07) is -1.40. The van der Waals surface area contributed by atoms with Crippen LogP contribution in [0.2, 0.25) is 0 Å². The number of aliphatic hydroxyl groups is 1. The lowest BCUT2D eigenvalue weighted by molar-refractivity contribution is -0.170. The van der Waals surface area contributed by atoms with Crippen LogP contribution in [0.4, 0.5) is 0 Å². The van der Waals surface area contributed by atoms with E-state index in [1.54, 1.807) is 0 Å². The third kappa shape index (κ3) is 5.82. The average Bonchev–Trinajstić information content (AvgIpc) is 3.20. The number of hydrogen-bond acceptors (Lipinski definition) is 8. The second kappa shape index (κ2) is 11.7. The molecule has 0 radical (unpaired) electrons. The maximum absolute atomic E-state index is 13.3. The Hall–Kier alpha value is -3.08. The molecule has 0 spiro atoms. The fraction of sp³-hybridized carbons (Fsp3) is 0.733. The summed E-state index contributed by atoms with van der Waals surface area (Å²) >= 11 is 0. The smallest absolute Gasteiger partial charge is 0.326 e. The van der Waals surface area contributed by atoms with E-state index in [1.807, 2.05) is 13.0 Å². The van der Waals surface area contributed by atoms with Crippen LogP contribution >= 0.6 is 0 Å². The molecule has 0 aromatic heterocycles. The molecule has 7 atom stereocenters. The van der Waals surface area contributed by atoms with Gasteiger partial charge in [0.15, 0.2) is 12.4 Å². The molecule has 4 N–H and O–H groups in total. The van der Waals surface area contributed by atoms with Gasteiger partial charge >= 0.3 is 17.9 Å². The van der Waals surface area contributed by atoms with Crippen LogP contribution in [-0.2, 0) is 33.5 Å². The number of allylic oxidation sites excluding steroid dienone is 1. The molecule has 226 valence electrons. The molecule has 0 aromatic carbocycles. The first-order valence-corrected chi connectivity index (χ1v) is 14.6. The van der Waals surface area contributed by atoms with Crippen LogP contribution in [0.1, 0.15) is 90.9 Å². The monoisotopic (exact) mass is 575 g/mol. The Kier molecular flexibility index (Phi) is 8.78. The molecule has 4 aliphatic carbocycles. The fourth-order valence-electron chi connectivity index (χ4n) is 8.38. The average molecular weight is 576 g/mol. The third-order valence-electron chi connectivity index (χ3n) is 10.8. The van der Waals surface area contributed by atoms with Gasteiger partial charge in [-0.1, -0.05) is 19.4 Å². The number of ketones is 2. The van der Waals surface area contributed by atoms with Crippen LogP contribution < -0.4 is 5.32 Å². The van der Waals surface area contributed by atoms with Crippen molar-refractivity contribution in [2.45, 2.75) is 103 Å². The number of carboxylic acid groups (broad SMARTS) is 2. The zero-order valence-electron chi connectivity index (χ0n) is 23.8. The summed E-state index contributed by atoms with van der Waals surface area (Å²) in [5, 5.41) is 31.8. The number of fused-ring (bicyclic) bond motifs is 5. The Bertz CT molecular complexity index is 1160. The maximum Gasteiger partial charge on any atom is 0.326 e. The van der Waals surface area contributed by atoms with Crippen molar-refractivity contribution in [1.29, 1.82) is 0 Å². The first-order valence-electron chi connectivity index (χ1n) is 14.6. The largest absolute Gasteiger partial charge is 0.481 e. The molecule has 0 saturated heterocycles. The molecular weight excluding hydrogens is 534 g/mol. The number of nitrogens with one attached hydrogen (secondary N) is 1. The minimum Gasteiger partial charge on any atom is -0.481 e. The first-order chi connectivity index (χ1) is 19.2. The van der Waals surface area contributed by atoms with E-state index in [1.165, 1.54) is 5.57 Å².